The van der Waals surface area contributed by atoms with Crippen molar-refractivity contribution in [3.63, 3.8) is 0 Å². The standard InChI is InChI=1S/C28H26N6O2/c29-14-21-8-11-31-26(13-21)24-4-5-27(35)34(18-24)17-22-2-1-3-23(12-22)28-32-15-25(16-33-28)36-19-20-6-9-30-10-7-20/h1-5,8,11-13,15-16,18,20,30H,6-7,9-10,17,19H2. The molecule has 0 radical (unpaired) electrons. The van der Waals surface area contributed by atoms with Crippen molar-refractivity contribution in [3.8, 4) is 34.5 Å². The fourth-order valence-electron chi connectivity index (χ4n) is 4.27. The quantitative estimate of drug-likeness (QED) is 0.432. The maximum absolute atomic E-state index is 12.5. The van der Waals surface area contributed by atoms with Gasteiger partial charge < -0.3 is 14.6 Å². The average molecular weight is 479 g/mol. The van der Waals surface area contributed by atoms with E-state index in [1.165, 1.54) is 6.07 Å². The number of ether oxygens (including phenoxy) is 1. The molecule has 5 rings (SSSR count). The first-order valence-electron chi connectivity index (χ1n) is 12.0. The van der Waals surface area contributed by atoms with E-state index < -0.39 is 0 Å². The van der Waals surface area contributed by atoms with E-state index in [1.807, 2.05) is 24.3 Å². The average Bonchev–Trinajstić information content (AvgIpc) is 2.94. The minimum atomic E-state index is -0.118. The SMILES string of the molecule is N#Cc1ccnc(-c2ccc(=O)n(Cc3cccc(-c4ncc(OCC5CCNCC5)cn4)c3)c2)c1. The highest BCUT2D eigenvalue weighted by Crippen LogP contribution is 2.21. The number of nitrogens with zero attached hydrogens (tertiary/aromatic N) is 5. The predicted octanol–water partition coefficient (Wildman–Crippen LogP) is 3.67. The Morgan fingerprint density at radius 2 is 1.86 bits per heavy atom. The van der Waals surface area contributed by atoms with Gasteiger partial charge in [-0.05, 0) is 61.7 Å². The summed E-state index contributed by atoms with van der Waals surface area (Å²) in [5, 5.41) is 12.5. The van der Waals surface area contributed by atoms with Crippen LogP contribution in [0.15, 0.2) is 78.1 Å². The molecule has 1 aliphatic heterocycles. The van der Waals surface area contributed by atoms with Gasteiger partial charge in [-0.1, -0.05) is 18.2 Å². The van der Waals surface area contributed by atoms with Crippen LogP contribution in [0.4, 0.5) is 0 Å². The van der Waals surface area contributed by atoms with E-state index in [1.54, 1.807) is 47.6 Å². The predicted molar refractivity (Wildman–Crippen MR) is 136 cm³/mol. The fourth-order valence-corrected chi connectivity index (χ4v) is 4.27. The van der Waals surface area contributed by atoms with E-state index in [0.717, 1.165) is 42.6 Å². The molecule has 1 N–H and O–H groups in total. The lowest BCUT2D eigenvalue weighted by atomic mass is 9.99. The summed E-state index contributed by atoms with van der Waals surface area (Å²) in [4.78, 5) is 25.9. The van der Waals surface area contributed by atoms with Crippen molar-refractivity contribution in [2.75, 3.05) is 19.7 Å². The summed E-state index contributed by atoms with van der Waals surface area (Å²) in [6.45, 7) is 3.16. The number of pyridine rings is 2. The molecule has 8 heteroatoms. The molecule has 3 aromatic heterocycles. The molecule has 1 saturated heterocycles. The van der Waals surface area contributed by atoms with Gasteiger partial charge in [0, 0.05) is 29.6 Å². The molecule has 0 atom stereocenters. The first-order valence-corrected chi connectivity index (χ1v) is 12.0. The van der Waals surface area contributed by atoms with Crippen molar-refractivity contribution < 1.29 is 4.74 Å². The Morgan fingerprint density at radius 3 is 2.67 bits per heavy atom. The van der Waals surface area contributed by atoms with Crippen LogP contribution in [0, 0.1) is 17.2 Å². The van der Waals surface area contributed by atoms with Crippen molar-refractivity contribution in [2.24, 2.45) is 5.92 Å². The molecule has 0 amide bonds. The van der Waals surface area contributed by atoms with Gasteiger partial charge in [0.05, 0.1) is 42.9 Å². The molecule has 0 spiro atoms. The van der Waals surface area contributed by atoms with Crippen LogP contribution in [0.1, 0.15) is 24.0 Å². The zero-order valence-corrected chi connectivity index (χ0v) is 19.8. The Kier molecular flexibility index (Phi) is 7.10. The minimum Gasteiger partial charge on any atom is -0.490 e. The van der Waals surface area contributed by atoms with Gasteiger partial charge in [0.2, 0.25) is 0 Å². The lowest BCUT2D eigenvalue weighted by Gasteiger charge is -2.22. The lowest BCUT2D eigenvalue weighted by molar-refractivity contribution is 0.214. The molecule has 8 nitrogen and oxygen atoms in total. The molecule has 36 heavy (non-hydrogen) atoms. The second-order valence-corrected chi connectivity index (χ2v) is 8.87. The third-order valence-electron chi connectivity index (χ3n) is 6.28. The van der Waals surface area contributed by atoms with E-state index in [2.05, 4.69) is 26.3 Å². The fraction of sp³-hybridized carbons (Fsp3) is 0.250. The van der Waals surface area contributed by atoms with Gasteiger partial charge >= 0.3 is 0 Å². The zero-order valence-electron chi connectivity index (χ0n) is 19.8. The summed E-state index contributed by atoms with van der Waals surface area (Å²) in [6, 6.07) is 16.6. The molecule has 1 fully saturated rings. The highest BCUT2D eigenvalue weighted by atomic mass is 16.5. The summed E-state index contributed by atoms with van der Waals surface area (Å²) in [6.07, 6.45) is 9.04. The summed E-state index contributed by atoms with van der Waals surface area (Å²) in [7, 11) is 0. The van der Waals surface area contributed by atoms with Crippen LogP contribution in [0.5, 0.6) is 5.75 Å². The molecule has 0 saturated carbocycles. The zero-order chi connectivity index (χ0) is 24.7. The molecule has 180 valence electrons. The van der Waals surface area contributed by atoms with E-state index >= 15 is 0 Å². The van der Waals surface area contributed by atoms with Gasteiger partial charge in [0.25, 0.3) is 5.56 Å². The summed E-state index contributed by atoms with van der Waals surface area (Å²) >= 11 is 0. The molecule has 0 aliphatic carbocycles. The largest absolute Gasteiger partial charge is 0.490 e. The Balaban J connectivity index is 1.30. The number of benzene rings is 1. The van der Waals surface area contributed by atoms with Gasteiger partial charge in [-0.15, -0.1) is 0 Å². The second-order valence-electron chi connectivity index (χ2n) is 8.87. The smallest absolute Gasteiger partial charge is 0.250 e. The third-order valence-corrected chi connectivity index (χ3v) is 6.28. The van der Waals surface area contributed by atoms with Gasteiger partial charge in [0.15, 0.2) is 11.6 Å². The van der Waals surface area contributed by atoms with Crippen LogP contribution in [0.2, 0.25) is 0 Å². The second kappa shape index (κ2) is 10.9. The molecule has 1 aliphatic rings. The first-order chi connectivity index (χ1) is 17.7. The Morgan fingerprint density at radius 1 is 1.03 bits per heavy atom. The maximum atomic E-state index is 12.5. The molecular weight excluding hydrogens is 452 g/mol. The van der Waals surface area contributed by atoms with Crippen LogP contribution in [-0.4, -0.2) is 39.2 Å². The van der Waals surface area contributed by atoms with Crippen molar-refractivity contribution in [1.82, 2.24) is 24.8 Å². The van der Waals surface area contributed by atoms with E-state index in [0.29, 0.717) is 41.9 Å². The van der Waals surface area contributed by atoms with Crippen LogP contribution in [0.25, 0.3) is 22.6 Å². The van der Waals surface area contributed by atoms with E-state index in [4.69, 9.17) is 10.00 Å². The molecular formula is C28H26N6O2. The number of hydrogen-bond donors (Lipinski definition) is 1. The highest BCUT2D eigenvalue weighted by molar-refractivity contribution is 5.60. The van der Waals surface area contributed by atoms with Gasteiger partial charge in [-0.3, -0.25) is 9.78 Å². The Labute approximate surface area is 209 Å². The first kappa shape index (κ1) is 23.4. The van der Waals surface area contributed by atoms with Gasteiger partial charge in [0.1, 0.15) is 0 Å². The number of rotatable bonds is 7. The van der Waals surface area contributed by atoms with Crippen LogP contribution in [-0.2, 0) is 6.54 Å². The molecule has 1 aromatic carbocycles. The maximum Gasteiger partial charge on any atom is 0.250 e. The van der Waals surface area contributed by atoms with Crippen LogP contribution < -0.4 is 15.6 Å². The number of nitrogens with one attached hydrogen (secondary N) is 1. The monoisotopic (exact) mass is 478 g/mol. The van der Waals surface area contributed by atoms with Crippen molar-refractivity contribution in [1.29, 1.82) is 5.26 Å². The minimum absolute atomic E-state index is 0.118. The number of piperidine rings is 1. The third kappa shape index (κ3) is 5.65. The van der Waals surface area contributed by atoms with E-state index in [-0.39, 0.29) is 5.56 Å². The van der Waals surface area contributed by atoms with Crippen LogP contribution >= 0.6 is 0 Å². The van der Waals surface area contributed by atoms with Crippen molar-refractivity contribution in [3.05, 3.63) is 94.8 Å². The number of aromatic nitrogens is 4. The summed E-state index contributed by atoms with van der Waals surface area (Å²) in [5.74, 6) is 1.84. The van der Waals surface area contributed by atoms with Gasteiger partial charge in [-0.25, -0.2) is 9.97 Å². The van der Waals surface area contributed by atoms with Crippen molar-refractivity contribution >= 4 is 0 Å². The normalized spacial score (nSPS) is 13.8. The summed E-state index contributed by atoms with van der Waals surface area (Å²) in [5.41, 5.74) is 3.63. The lowest BCUT2D eigenvalue weighted by Crippen LogP contribution is -2.30. The molecule has 4 heterocycles. The van der Waals surface area contributed by atoms with E-state index in [9.17, 15) is 4.79 Å². The van der Waals surface area contributed by atoms with Crippen LogP contribution in [0.3, 0.4) is 0 Å². The number of hydrogen-bond acceptors (Lipinski definition) is 7. The van der Waals surface area contributed by atoms with Crippen molar-refractivity contribution in [2.45, 2.75) is 19.4 Å². The topological polar surface area (TPSA) is 106 Å². The molecule has 0 bridgehead atoms. The molecule has 4 aromatic rings. The van der Waals surface area contributed by atoms with Gasteiger partial charge in [-0.2, -0.15) is 5.26 Å². The molecule has 0 unspecified atom stereocenters. The highest BCUT2D eigenvalue weighted by Gasteiger charge is 2.14. The summed E-state index contributed by atoms with van der Waals surface area (Å²) < 4.78 is 7.53. The number of nitriles is 1. The Hall–Kier alpha value is -4.35. The Bertz CT molecular complexity index is 1440.